The van der Waals surface area contributed by atoms with Gasteiger partial charge in [-0.1, -0.05) is 29.8 Å². The number of rotatable bonds is 5. The second kappa shape index (κ2) is 9.36. The molecule has 3 rings (SSSR count). The summed E-state index contributed by atoms with van der Waals surface area (Å²) in [5.74, 6) is -1.38. The molecule has 1 aliphatic heterocycles. The van der Waals surface area contributed by atoms with Crippen LogP contribution >= 0.6 is 11.6 Å². The summed E-state index contributed by atoms with van der Waals surface area (Å²) in [4.78, 5) is 13.3. The Kier molecular flexibility index (Phi) is 7.16. The zero-order valence-corrected chi connectivity index (χ0v) is 18.6. The van der Waals surface area contributed by atoms with Crippen LogP contribution in [0.25, 0.3) is 0 Å². The number of piperidine rings is 1. The summed E-state index contributed by atoms with van der Waals surface area (Å²) in [5.41, 5.74) is -1.05. The van der Waals surface area contributed by atoms with E-state index >= 15 is 0 Å². The molecule has 11 heteroatoms. The highest BCUT2D eigenvalue weighted by atomic mass is 35.5. The molecule has 1 heterocycles. The smallest absolute Gasteiger partial charge is 0.341 e. The Labute approximate surface area is 188 Å². The lowest BCUT2D eigenvalue weighted by atomic mass is 9.96. The third-order valence-electron chi connectivity index (χ3n) is 5.45. The van der Waals surface area contributed by atoms with Crippen molar-refractivity contribution in [2.75, 3.05) is 20.1 Å². The Morgan fingerprint density at radius 1 is 1.12 bits per heavy atom. The first-order valence-corrected chi connectivity index (χ1v) is 11.6. The van der Waals surface area contributed by atoms with Gasteiger partial charge in [-0.3, -0.25) is 4.79 Å². The third-order valence-corrected chi connectivity index (χ3v) is 7.76. The highest BCUT2D eigenvalue weighted by Gasteiger charge is 2.40. The molecule has 0 radical (unpaired) electrons. The van der Waals surface area contributed by atoms with Crippen LogP contribution in [0.15, 0.2) is 47.4 Å². The number of hydrogen-bond acceptors (Lipinski definition) is 3. The van der Waals surface area contributed by atoms with Gasteiger partial charge in [-0.25, -0.2) is 12.8 Å². The minimum atomic E-state index is -4.81. The predicted molar refractivity (Wildman–Crippen MR) is 111 cm³/mol. The second-order valence-electron chi connectivity index (χ2n) is 7.57. The van der Waals surface area contributed by atoms with Gasteiger partial charge in [-0.05, 0) is 37.1 Å². The van der Waals surface area contributed by atoms with Gasteiger partial charge in [0, 0.05) is 43.2 Å². The minimum Gasteiger partial charge on any atom is -0.341 e. The molecule has 174 valence electrons. The van der Waals surface area contributed by atoms with E-state index in [-0.39, 0.29) is 49.0 Å². The molecule has 32 heavy (non-hydrogen) atoms. The lowest BCUT2D eigenvalue weighted by molar-refractivity contribution is -0.140. The zero-order valence-electron chi connectivity index (χ0n) is 17.1. The standard InChI is InChI=1S/C21H21ClF4N2O3S/c1-27(13-15-17(22)6-4-7-18(15)23)20(29)14-9-11-28(12-10-14)32(30,31)19-8-3-2-5-16(19)21(24,25)26/h2-8,14H,9-13H2,1H3. The van der Waals surface area contributed by atoms with E-state index in [1.165, 1.54) is 36.2 Å². The third kappa shape index (κ3) is 5.07. The van der Waals surface area contributed by atoms with Crippen LogP contribution < -0.4 is 0 Å². The maximum atomic E-state index is 14.0. The first kappa shape index (κ1) is 24.5. The molecule has 5 nitrogen and oxygen atoms in total. The number of benzene rings is 2. The molecule has 0 spiro atoms. The van der Waals surface area contributed by atoms with E-state index in [4.69, 9.17) is 11.6 Å². The lowest BCUT2D eigenvalue weighted by Gasteiger charge is -2.33. The van der Waals surface area contributed by atoms with E-state index in [0.717, 1.165) is 22.5 Å². The second-order valence-corrected chi connectivity index (χ2v) is 9.88. The molecule has 2 aromatic carbocycles. The Morgan fingerprint density at radius 3 is 2.34 bits per heavy atom. The Hall–Kier alpha value is -2.17. The van der Waals surface area contributed by atoms with Crippen molar-refractivity contribution in [1.82, 2.24) is 9.21 Å². The fourth-order valence-corrected chi connectivity index (χ4v) is 5.62. The highest BCUT2D eigenvalue weighted by molar-refractivity contribution is 7.89. The van der Waals surface area contributed by atoms with Gasteiger partial charge in [0.1, 0.15) is 5.82 Å². The van der Waals surface area contributed by atoms with Crippen molar-refractivity contribution in [3.63, 3.8) is 0 Å². The van der Waals surface area contributed by atoms with Crippen LogP contribution in [0.2, 0.25) is 5.02 Å². The fraction of sp³-hybridized carbons (Fsp3) is 0.381. The number of carbonyl (C=O) groups is 1. The molecule has 0 N–H and O–H groups in total. The summed E-state index contributed by atoms with van der Waals surface area (Å²) >= 11 is 6.00. The summed E-state index contributed by atoms with van der Waals surface area (Å²) in [6, 6.07) is 8.23. The summed E-state index contributed by atoms with van der Waals surface area (Å²) < 4.78 is 80.5. The minimum absolute atomic E-state index is 0.0538. The van der Waals surface area contributed by atoms with Gasteiger partial charge in [-0.2, -0.15) is 17.5 Å². The monoisotopic (exact) mass is 492 g/mol. The number of halogens is 5. The van der Waals surface area contributed by atoms with Gasteiger partial charge >= 0.3 is 6.18 Å². The highest BCUT2D eigenvalue weighted by Crippen LogP contribution is 2.36. The predicted octanol–water partition coefficient (Wildman–Crippen LogP) is 4.56. The van der Waals surface area contributed by atoms with Crippen molar-refractivity contribution in [3.8, 4) is 0 Å². The van der Waals surface area contributed by atoms with Crippen molar-refractivity contribution >= 4 is 27.5 Å². The Bertz CT molecular complexity index is 1080. The molecule has 1 aliphatic rings. The van der Waals surface area contributed by atoms with Gasteiger partial charge in [-0.15, -0.1) is 0 Å². The number of amides is 1. The van der Waals surface area contributed by atoms with Crippen LogP contribution in [-0.4, -0.2) is 43.7 Å². The van der Waals surface area contributed by atoms with Crippen molar-refractivity contribution in [1.29, 1.82) is 0 Å². The topological polar surface area (TPSA) is 57.7 Å². The molecule has 0 aromatic heterocycles. The van der Waals surface area contributed by atoms with Crippen molar-refractivity contribution in [3.05, 3.63) is 64.4 Å². The average Bonchev–Trinajstić information content (AvgIpc) is 2.75. The number of nitrogens with zero attached hydrogens (tertiary/aromatic N) is 2. The molecule has 0 bridgehead atoms. The van der Waals surface area contributed by atoms with Crippen LogP contribution in [0.1, 0.15) is 24.0 Å². The number of sulfonamides is 1. The van der Waals surface area contributed by atoms with Gasteiger partial charge in [0.25, 0.3) is 0 Å². The average molecular weight is 493 g/mol. The molecule has 0 aliphatic carbocycles. The van der Waals surface area contributed by atoms with Crippen molar-refractivity contribution in [2.45, 2.75) is 30.5 Å². The largest absolute Gasteiger partial charge is 0.417 e. The van der Waals surface area contributed by atoms with Crippen molar-refractivity contribution < 1.29 is 30.8 Å². The quantitative estimate of drug-likeness (QED) is 0.575. The molecule has 1 amide bonds. The van der Waals surface area contributed by atoms with Crippen LogP contribution in [0.3, 0.4) is 0 Å². The summed E-state index contributed by atoms with van der Waals surface area (Å²) in [6.45, 7) is -0.250. The lowest BCUT2D eigenvalue weighted by Crippen LogP contribution is -2.43. The summed E-state index contributed by atoms with van der Waals surface area (Å²) in [5, 5.41) is 0.189. The van der Waals surface area contributed by atoms with Gasteiger partial charge in [0.15, 0.2) is 0 Å². The fourth-order valence-electron chi connectivity index (χ4n) is 3.72. The van der Waals surface area contributed by atoms with E-state index in [2.05, 4.69) is 0 Å². The molecular weight excluding hydrogens is 472 g/mol. The van der Waals surface area contributed by atoms with Gasteiger partial charge < -0.3 is 4.90 Å². The molecule has 2 aromatic rings. The molecular formula is C21H21ClF4N2O3S. The Balaban J connectivity index is 1.69. The molecule has 0 saturated carbocycles. The number of alkyl halides is 3. The van der Waals surface area contributed by atoms with Crippen LogP contribution in [0.4, 0.5) is 17.6 Å². The summed E-state index contributed by atoms with van der Waals surface area (Å²) in [6.07, 6.45) is -4.53. The van der Waals surface area contributed by atoms with E-state index in [1.54, 1.807) is 0 Å². The van der Waals surface area contributed by atoms with Crippen LogP contribution in [-0.2, 0) is 27.5 Å². The zero-order chi connectivity index (χ0) is 23.7. The SMILES string of the molecule is CN(Cc1c(F)cccc1Cl)C(=O)C1CCN(S(=O)(=O)c2ccccc2C(F)(F)F)CC1. The molecule has 1 fully saturated rings. The van der Waals surface area contributed by atoms with Crippen molar-refractivity contribution in [2.24, 2.45) is 5.92 Å². The van der Waals surface area contributed by atoms with Crippen LogP contribution in [0.5, 0.6) is 0 Å². The maximum Gasteiger partial charge on any atom is 0.417 e. The maximum absolute atomic E-state index is 14.0. The molecule has 0 atom stereocenters. The summed E-state index contributed by atoms with van der Waals surface area (Å²) in [7, 11) is -2.89. The van der Waals surface area contributed by atoms with Gasteiger partial charge in [0.05, 0.1) is 10.5 Å². The number of hydrogen-bond donors (Lipinski definition) is 0. The van der Waals surface area contributed by atoms with E-state index < -0.39 is 38.4 Å². The van der Waals surface area contributed by atoms with E-state index in [0.29, 0.717) is 0 Å². The van der Waals surface area contributed by atoms with E-state index in [9.17, 15) is 30.8 Å². The number of carbonyl (C=O) groups excluding carboxylic acids is 1. The normalized spacial score (nSPS) is 16.2. The van der Waals surface area contributed by atoms with E-state index in [1.807, 2.05) is 0 Å². The molecule has 1 saturated heterocycles. The first-order valence-electron chi connectivity index (χ1n) is 9.77. The Morgan fingerprint density at radius 2 is 1.75 bits per heavy atom. The van der Waals surface area contributed by atoms with Gasteiger partial charge in [0.2, 0.25) is 15.9 Å². The molecule has 0 unspecified atom stereocenters. The van der Waals surface area contributed by atoms with Crippen LogP contribution in [0, 0.1) is 11.7 Å². The first-order chi connectivity index (χ1) is 14.9.